The van der Waals surface area contributed by atoms with E-state index in [1.807, 2.05) is 0 Å². The molecule has 0 radical (unpaired) electrons. The molecule has 0 saturated heterocycles. The molecule has 62 heavy (non-hydrogen) atoms. The van der Waals surface area contributed by atoms with Crippen LogP contribution < -0.4 is 14.3 Å². The van der Waals surface area contributed by atoms with E-state index in [1.165, 1.54) is 83.2 Å². The lowest BCUT2D eigenvalue weighted by Gasteiger charge is -2.24. The van der Waals surface area contributed by atoms with Crippen LogP contribution in [0, 0.1) is 12.8 Å². The number of fused-ring (bicyclic) bond motifs is 16. The van der Waals surface area contributed by atoms with Crippen molar-refractivity contribution in [3.05, 3.63) is 167 Å². The normalized spacial score (nSPS) is 15.5. The maximum Gasteiger partial charge on any atom is 0.364 e. The molecule has 308 valence electrons. The zero-order valence-corrected chi connectivity index (χ0v) is 38.9. The second-order valence-electron chi connectivity index (χ2n) is 20.2. The lowest BCUT2D eigenvalue weighted by Crippen LogP contribution is -2.72. The summed E-state index contributed by atoms with van der Waals surface area (Å²) in [6.45, 7) is 24.0. The first-order chi connectivity index (χ1) is 29.8. The molecule has 0 bridgehead atoms. The Morgan fingerprint density at radius 3 is 2.08 bits per heavy atom. The van der Waals surface area contributed by atoms with Crippen LogP contribution in [0.1, 0.15) is 86.8 Å². The van der Waals surface area contributed by atoms with Crippen LogP contribution in [0.15, 0.2) is 138 Å². The number of pyridine rings is 1. The molecule has 6 aromatic carbocycles. The van der Waals surface area contributed by atoms with E-state index in [2.05, 4.69) is 215 Å². The zero-order chi connectivity index (χ0) is 43.0. The van der Waals surface area contributed by atoms with E-state index in [9.17, 15) is 0 Å². The first-order valence-electron chi connectivity index (χ1n) is 22.7. The quantitative estimate of drug-likeness (QED) is 0.116. The van der Waals surface area contributed by atoms with Crippen LogP contribution >= 0.6 is 0 Å². The van der Waals surface area contributed by atoms with E-state index in [1.54, 1.807) is 0 Å². The van der Waals surface area contributed by atoms with Gasteiger partial charge in [-0.3, -0.25) is 0 Å². The second kappa shape index (κ2) is 13.7. The van der Waals surface area contributed by atoms with Crippen molar-refractivity contribution in [1.82, 2.24) is 4.57 Å². The number of hydrogen-bond acceptors (Lipinski definition) is 1. The van der Waals surface area contributed by atoms with Crippen LogP contribution in [0.3, 0.4) is 0 Å². The highest BCUT2D eigenvalue weighted by Gasteiger charge is 2.67. The predicted molar refractivity (Wildman–Crippen MR) is 260 cm³/mol. The average molecular weight is 828 g/mol. The highest BCUT2D eigenvalue weighted by molar-refractivity contribution is 6.89. The maximum absolute atomic E-state index is 7.19. The minimum atomic E-state index is -1.85. The van der Waals surface area contributed by atoms with Crippen LogP contribution in [-0.4, -0.2) is 12.6 Å². The van der Waals surface area contributed by atoms with Crippen molar-refractivity contribution in [3.63, 3.8) is 0 Å². The van der Waals surface area contributed by atoms with E-state index in [0.717, 1.165) is 34.2 Å². The highest BCUT2D eigenvalue weighted by atomic mass is 28.3. The molecule has 0 saturated carbocycles. The molecule has 5 heterocycles. The molecule has 1 unspecified atom stereocenters. The van der Waals surface area contributed by atoms with Crippen molar-refractivity contribution in [2.24, 2.45) is 5.92 Å². The summed E-state index contributed by atoms with van der Waals surface area (Å²) in [5, 5.41) is 3.83. The first kappa shape index (κ1) is 38.8. The number of hydrogen-bond donors (Lipinski definition) is 0. The number of aryl methyl sites for hydroxylation is 1. The number of rotatable bonds is 7. The van der Waals surface area contributed by atoms with Crippen LogP contribution in [0.25, 0.3) is 72.4 Å². The Morgan fingerprint density at radius 1 is 0.677 bits per heavy atom. The van der Waals surface area contributed by atoms with Gasteiger partial charge in [0.05, 0.1) is 24.8 Å². The molecule has 3 aromatic heterocycles. The van der Waals surface area contributed by atoms with Gasteiger partial charge in [0.2, 0.25) is 5.69 Å². The molecule has 1 spiro atoms. The molecular weight excluding hydrogens is 771 g/mol. The fraction of sp³-hybridized carbons (Fsp3) is 0.263. The van der Waals surface area contributed by atoms with Gasteiger partial charge in [-0.2, -0.15) is 4.57 Å². The van der Waals surface area contributed by atoms with Crippen molar-refractivity contribution >= 4 is 46.2 Å². The number of para-hydroxylation sites is 3. The fourth-order valence-corrected chi connectivity index (χ4v) is 12.8. The van der Waals surface area contributed by atoms with Gasteiger partial charge < -0.3 is 4.42 Å². The van der Waals surface area contributed by atoms with Crippen molar-refractivity contribution < 1.29 is 13.6 Å². The molecule has 5 heteroatoms. The van der Waals surface area contributed by atoms with E-state index in [0.29, 0.717) is 5.92 Å². The van der Waals surface area contributed by atoms with Gasteiger partial charge in [0.25, 0.3) is 0 Å². The van der Waals surface area contributed by atoms with E-state index in [4.69, 9.17) is 4.42 Å². The predicted octanol–water partition coefficient (Wildman–Crippen LogP) is 13.3. The molecule has 4 nitrogen and oxygen atoms in total. The first-order valence-corrected chi connectivity index (χ1v) is 26.2. The fourth-order valence-electron chi connectivity index (χ4n) is 11.1. The number of furan rings is 1. The smallest absolute Gasteiger partial charge is 0.364 e. The van der Waals surface area contributed by atoms with Gasteiger partial charge in [-0.25, -0.2) is 0 Å². The summed E-state index contributed by atoms with van der Waals surface area (Å²) in [4.78, 5) is 0. The summed E-state index contributed by atoms with van der Waals surface area (Å²) in [6.07, 6.45) is 3.66. The maximum atomic E-state index is 7.19. The topological polar surface area (TPSA) is 25.8 Å². The molecule has 1 atom stereocenters. The summed E-state index contributed by atoms with van der Waals surface area (Å²) < 4.78 is 15.3. The lowest BCUT2D eigenvalue weighted by atomic mass is 9.87. The summed E-state index contributed by atoms with van der Waals surface area (Å²) >= 11 is 0. The minimum Gasteiger partial charge on any atom is -0.455 e. The number of aromatic nitrogens is 3. The standard InChI is InChI=1S/C57H57N3OSi/c1-34(2)28-40-32-50-43-25-24-37(7)29-47(43)57(58(50)33-52(40)62(8,9)10)46-27-26-42-41-20-14-17-23-51(41)61-55(42)53(46)56-59(48-21-15-16-22-49(48)60(56)57)54-44(35(3)4)30-39(31-45(54)36(5)6)38-18-12-11-13-19-38/h11-27,29-36H,28H2,1-10H3/q+2. The highest BCUT2D eigenvalue weighted by Crippen LogP contribution is 2.53. The Morgan fingerprint density at radius 2 is 1.37 bits per heavy atom. The molecule has 0 amide bonds. The third kappa shape index (κ3) is 5.36. The lowest BCUT2D eigenvalue weighted by molar-refractivity contribution is -0.944. The van der Waals surface area contributed by atoms with Crippen molar-refractivity contribution in [2.75, 3.05) is 0 Å². The third-order valence-electron chi connectivity index (χ3n) is 13.8. The Kier molecular flexibility index (Phi) is 8.60. The third-order valence-corrected chi connectivity index (χ3v) is 15.9. The van der Waals surface area contributed by atoms with Gasteiger partial charge in [-0.1, -0.05) is 133 Å². The van der Waals surface area contributed by atoms with Gasteiger partial charge in [0.15, 0.2) is 22.8 Å². The summed E-state index contributed by atoms with van der Waals surface area (Å²) in [5.41, 5.74) is 19.1. The Bertz CT molecular complexity index is 3270. The van der Waals surface area contributed by atoms with Gasteiger partial charge in [-0.05, 0) is 102 Å². The van der Waals surface area contributed by atoms with Gasteiger partial charge in [-0.15, -0.1) is 9.13 Å². The van der Waals surface area contributed by atoms with Crippen LogP contribution in [-0.2, 0) is 12.1 Å². The summed E-state index contributed by atoms with van der Waals surface area (Å²) in [5.74, 6) is 2.23. The Labute approximate surface area is 367 Å². The molecular formula is C57H57N3OSi+2. The van der Waals surface area contributed by atoms with Crippen LogP contribution in [0.5, 0.6) is 0 Å². The van der Waals surface area contributed by atoms with E-state index in [-0.39, 0.29) is 11.8 Å². The van der Waals surface area contributed by atoms with Crippen molar-refractivity contribution in [1.29, 1.82) is 0 Å². The Balaban J connectivity index is 1.38. The number of nitrogens with zero attached hydrogens (tertiary/aromatic N) is 3. The largest absolute Gasteiger partial charge is 0.455 e. The average Bonchev–Trinajstić information content (AvgIpc) is 3.95. The molecule has 2 aliphatic rings. The Hall–Kier alpha value is -6.04. The number of benzene rings is 6. The molecule has 0 fully saturated rings. The SMILES string of the molecule is Cc1ccc2c(c1)C1(c3ccc4c(oc5ccccc54)c3-c3n(-c4c(C(C)C)cc(-c5ccccc5)cc4C(C)C)c4ccccc4[n+]31)[n+]1cc([Si](C)(C)C)c(CC(C)C)cc1-2. The monoisotopic (exact) mass is 827 g/mol. The zero-order valence-electron chi connectivity index (χ0n) is 37.9. The second-order valence-corrected chi connectivity index (χ2v) is 25.2. The van der Waals surface area contributed by atoms with E-state index < -0.39 is 13.7 Å². The van der Waals surface area contributed by atoms with Crippen LogP contribution in [0.2, 0.25) is 19.6 Å². The molecule has 2 aliphatic heterocycles. The summed E-state index contributed by atoms with van der Waals surface area (Å²) in [7, 11) is -1.85. The van der Waals surface area contributed by atoms with Crippen molar-refractivity contribution in [2.45, 2.75) is 92.0 Å². The molecule has 0 N–H and O–H groups in total. The molecule has 11 rings (SSSR count). The van der Waals surface area contributed by atoms with Gasteiger partial charge in [0, 0.05) is 33.2 Å². The summed E-state index contributed by atoms with van der Waals surface area (Å²) in [6, 6.07) is 48.1. The number of imidazole rings is 1. The minimum absolute atomic E-state index is 0.258. The van der Waals surface area contributed by atoms with Crippen molar-refractivity contribution in [3.8, 4) is 39.5 Å². The van der Waals surface area contributed by atoms with Crippen LogP contribution in [0.4, 0.5) is 0 Å². The van der Waals surface area contributed by atoms with E-state index >= 15 is 0 Å². The molecule has 9 aromatic rings. The van der Waals surface area contributed by atoms with Gasteiger partial charge >= 0.3 is 11.5 Å². The van der Waals surface area contributed by atoms with Gasteiger partial charge in [0.1, 0.15) is 16.8 Å². The molecule has 0 aliphatic carbocycles.